The topological polar surface area (TPSA) is 36.7 Å². The second-order valence-corrected chi connectivity index (χ2v) is 5.63. The monoisotopic (exact) mass is 358 g/mol. The second-order valence-electron chi connectivity index (χ2n) is 3.77. The van der Waals surface area contributed by atoms with Crippen LogP contribution in [0, 0.1) is 11.3 Å². The van der Waals surface area contributed by atoms with Gasteiger partial charge in [0.1, 0.15) is 6.07 Å². The van der Waals surface area contributed by atoms with Crippen molar-refractivity contribution in [3.05, 3.63) is 50.4 Å². The summed E-state index contributed by atoms with van der Waals surface area (Å²) in [7, 11) is 0. The molecule has 2 heterocycles. The number of aromatic nitrogens is 1. The normalized spacial score (nSPS) is 12.2. The van der Waals surface area contributed by atoms with Crippen LogP contribution in [0.3, 0.4) is 0 Å². The first kappa shape index (κ1) is 14.8. The number of allylic oxidation sites excluding steroid dienone is 1. The van der Waals surface area contributed by atoms with Gasteiger partial charge in [0.05, 0.1) is 16.8 Å². The maximum atomic E-state index is 12.4. The van der Waals surface area contributed by atoms with E-state index in [1.54, 1.807) is 6.08 Å². The van der Waals surface area contributed by atoms with E-state index in [2.05, 4.69) is 20.9 Å². The van der Waals surface area contributed by atoms with Crippen LogP contribution < -0.4 is 0 Å². The summed E-state index contributed by atoms with van der Waals surface area (Å²) in [6.45, 7) is 0. The van der Waals surface area contributed by atoms with Crippen molar-refractivity contribution < 1.29 is 13.2 Å². The lowest BCUT2D eigenvalue weighted by atomic mass is 10.1. The van der Waals surface area contributed by atoms with Crippen molar-refractivity contribution in [2.45, 2.75) is 6.18 Å². The largest absolute Gasteiger partial charge is 0.417 e. The van der Waals surface area contributed by atoms with Crippen LogP contribution in [0.2, 0.25) is 0 Å². The molecule has 102 valence electrons. The van der Waals surface area contributed by atoms with Crippen LogP contribution in [0.15, 0.2) is 34.2 Å². The highest BCUT2D eigenvalue weighted by molar-refractivity contribution is 9.10. The number of nitriles is 1. The zero-order valence-corrected chi connectivity index (χ0v) is 12.2. The number of rotatable bonds is 2. The van der Waals surface area contributed by atoms with E-state index >= 15 is 0 Å². The summed E-state index contributed by atoms with van der Waals surface area (Å²) in [4.78, 5) is 4.52. The highest BCUT2D eigenvalue weighted by Gasteiger charge is 2.30. The van der Waals surface area contributed by atoms with Crippen LogP contribution in [-0.4, -0.2) is 4.98 Å². The lowest BCUT2D eigenvalue weighted by Crippen LogP contribution is -2.05. The molecule has 2 rings (SSSR count). The Morgan fingerprint density at radius 3 is 2.60 bits per heavy atom. The summed E-state index contributed by atoms with van der Waals surface area (Å²) in [5.41, 5.74) is -0.407. The molecule has 2 nitrogen and oxygen atoms in total. The first-order chi connectivity index (χ1) is 9.40. The lowest BCUT2D eigenvalue weighted by Gasteiger charge is -2.06. The molecule has 0 aliphatic carbocycles. The maximum Gasteiger partial charge on any atom is 0.417 e. The SMILES string of the molecule is N#C/C(=C\c1cc(Br)cs1)c1ccc(C(F)(F)F)cn1. The van der Waals surface area contributed by atoms with Crippen LogP contribution in [0.25, 0.3) is 11.6 Å². The first-order valence-corrected chi connectivity index (χ1v) is 6.97. The average Bonchev–Trinajstić information content (AvgIpc) is 2.81. The van der Waals surface area contributed by atoms with Crippen molar-refractivity contribution in [2.24, 2.45) is 0 Å². The van der Waals surface area contributed by atoms with Crippen LogP contribution in [0.1, 0.15) is 16.1 Å². The van der Waals surface area contributed by atoms with Crippen molar-refractivity contribution in [2.75, 3.05) is 0 Å². The Bertz CT molecular complexity index is 681. The molecule has 0 saturated carbocycles. The first-order valence-electron chi connectivity index (χ1n) is 5.29. The van der Waals surface area contributed by atoms with E-state index in [0.717, 1.165) is 21.6 Å². The molecule has 0 atom stereocenters. The predicted octanol–water partition coefficient (Wildman–Crippen LogP) is 4.99. The molecule has 0 amide bonds. The van der Waals surface area contributed by atoms with Crippen molar-refractivity contribution in [1.82, 2.24) is 4.98 Å². The predicted molar refractivity (Wildman–Crippen MR) is 74.7 cm³/mol. The van der Waals surface area contributed by atoms with E-state index in [1.165, 1.54) is 17.4 Å². The summed E-state index contributed by atoms with van der Waals surface area (Å²) in [6.07, 6.45) is -2.11. The molecule has 0 radical (unpaired) electrons. The molecule has 0 aliphatic heterocycles. The van der Waals surface area contributed by atoms with E-state index in [-0.39, 0.29) is 11.3 Å². The number of pyridine rings is 1. The standard InChI is InChI=1S/C13H6BrF3N2S/c14-10-4-11(20-7-10)3-8(5-18)12-2-1-9(6-19-12)13(15,16)17/h1-4,6-7H/b8-3+. The van der Waals surface area contributed by atoms with Crippen molar-refractivity contribution in [1.29, 1.82) is 5.26 Å². The average molecular weight is 359 g/mol. The minimum atomic E-state index is -4.43. The molecule has 0 spiro atoms. The number of hydrogen-bond acceptors (Lipinski definition) is 3. The molecule has 0 aliphatic rings. The third kappa shape index (κ3) is 3.46. The second kappa shape index (κ2) is 5.77. The number of nitrogens with zero attached hydrogens (tertiary/aromatic N) is 2. The summed E-state index contributed by atoms with van der Waals surface area (Å²) in [5, 5.41) is 10.9. The van der Waals surface area contributed by atoms with E-state index in [1.807, 2.05) is 17.5 Å². The van der Waals surface area contributed by atoms with Crippen molar-refractivity contribution >= 4 is 38.9 Å². The van der Waals surface area contributed by atoms with Gasteiger partial charge in [-0.15, -0.1) is 11.3 Å². The fraction of sp³-hybridized carbons (Fsp3) is 0.0769. The third-order valence-corrected chi connectivity index (χ3v) is 4.00. The van der Waals surface area contributed by atoms with E-state index < -0.39 is 11.7 Å². The van der Waals surface area contributed by atoms with Crippen LogP contribution >= 0.6 is 27.3 Å². The number of hydrogen-bond donors (Lipinski definition) is 0. The van der Waals surface area contributed by atoms with Gasteiger partial charge in [0.25, 0.3) is 0 Å². The third-order valence-electron chi connectivity index (χ3n) is 2.36. The Hall–Kier alpha value is -1.65. The maximum absolute atomic E-state index is 12.4. The molecule has 0 aromatic carbocycles. The fourth-order valence-corrected chi connectivity index (χ4v) is 2.81. The Balaban J connectivity index is 2.34. The molecular weight excluding hydrogens is 353 g/mol. The van der Waals surface area contributed by atoms with Gasteiger partial charge in [-0.3, -0.25) is 4.98 Å². The lowest BCUT2D eigenvalue weighted by molar-refractivity contribution is -0.137. The molecule has 0 unspecified atom stereocenters. The van der Waals surface area contributed by atoms with Crippen molar-refractivity contribution in [3.8, 4) is 6.07 Å². The highest BCUT2D eigenvalue weighted by Crippen LogP contribution is 2.29. The Kier molecular flexibility index (Phi) is 4.26. The molecule has 0 fully saturated rings. The molecule has 2 aromatic rings. The van der Waals surface area contributed by atoms with E-state index in [9.17, 15) is 13.2 Å². The molecule has 0 saturated heterocycles. The van der Waals surface area contributed by atoms with Gasteiger partial charge in [-0.1, -0.05) is 0 Å². The van der Waals surface area contributed by atoms with Gasteiger partial charge in [-0.25, -0.2) is 0 Å². The molecule has 0 N–H and O–H groups in total. The number of halogens is 4. The smallest absolute Gasteiger partial charge is 0.255 e. The summed E-state index contributed by atoms with van der Waals surface area (Å²) in [6, 6.07) is 5.86. The minimum absolute atomic E-state index is 0.213. The van der Waals surface area contributed by atoms with Gasteiger partial charge in [-0.05, 0) is 40.2 Å². The summed E-state index contributed by atoms with van der Waals surface area (Å²) < 4.78 is 38.2. The number of alkyl halides is 3. The van der Waals surface area contributed by atoms with Gasteiger partial charge < -0.3 is 0 Å². The van der Waals surface area contributed by atoms with Gasteiger partial charge in [-0.2, -0.15) is 18.4 Å². The molecule has 2 aromatic heterocycles. The van der Waals surface area contributed by atoms with Gasteiger partial charge in [0, 0.05) is 20.9 Å². The Morgan fingerprint density at radius 2 is 2.15 bits per heavy atom. The minimum Gasteiger partial charge on any atom is -0.255 e. The van der Waals surface area contributed by atoms with E-state index in [4.69, 9.17) is 5.26 Å². The zero-order valence-electron chi connectivity index (χ0n) is 9.78. The summed E-state index contributed by atoms with van der Waals surface area (Å²) >= 11 is 4.70. The Labute approximate surface area is 125 Å². The number of thiophene rings is 1. The van der Waals surface area contributed by atoms with Crippen LogP contribution in [0.5, 0.6) is 0 Å². The quantitative estimate of drug-likeness (QED) is 0.709. The van der Waals surface area contributed by atoms with E-state index in [0.29, 0.717) is 0 Å². The van der Waals surface area contributed by atoms with Crippen LogP contribution in [0.4, 0.5) is 13.2 Å². The Morgan fingerprint density at radius 1 is 1.40 bits per heavy atom. The molecule has 0 bridgehead atoms. The fourth-order valence-electron chi connectivity index (χ4n) is 1.43. The molecule has 7 heteroatoms. The zero-order chi connectivity index (χ0) is 14.8. The summed E-state index contributed by atoms with van der Waals surface area (Å²) in [5.74, 6) is 0. The molecular formula is C13H6BrF3N2S. The van der Waals surface area contributed by atoms with Gasteiger partial charge in [0.2, 0.25) is 0 Å². The van der Waals surface area contributed by atoms with Gasteiger partial charge >= 0.3 is 6.18 Å². The molecule has 20 heavy (non-hydrogen) atoms. The van der Waals surface area contributed by atoms with Crippen molar-refractivity contribution in [3.63, 3.8) is 0 Å². The van der Waals surface area contributed by atoms with Gasteiger partial charge in [0.15, 0.2) is 0 Å². The van der Waals surface area contributed by atoms with Crippen LogP contribution in [-0.2, 0) is 6.18 Å². The highest BCUT2D eigenvalue weighted by atomic mass is 79.9.